The van der Waals surface area contributed by atoms with E-state index < -0.39 is 0 Å². The monoisotopic (exact) mass is 308 g/mol. The van der Waals surface area contributed by atoms with Crippen molar-refractivity contribution in [3.63, 3.8) is 0 Å². The molecule has 0 spiro atoms. The smallest absolute Gasteiger partial charge is 0.240 e. The molecule has 1 atom stereocenters. The Morgan fingerprint density at radius 1 is 1.26 bits per heavy atom. The minimum atomic E-state index is -0.327. The summed E-state index contributed by atoms with van der Waals surface area (Å²) in [5.41, 5.74) is 7.12. The van der Waals surface area contributed by atoms with Gasteiger partial charge in [-0.3, -0.25) is 9.89 Å². The fourth-order valence-corrected chi connectivity index (χ4v) is 3.07. The molecular formula is C16H16N6O. The van der Waals surface area contributed by atoms with Gasteiger partial charge in [-0.15, -0.1) is 0 Å². The molecule has 0 saturated carbocycles. The highest BCUT2D eigenvalue weighted by Gasteiger charge is 2.31. The van der Waals surface area contributed by atoms with Crippen molar-refractivity contribution in [1.82, 2.24) is 20.2 Å². The van der Waals surface area contributed by atoms with Gasteiger partial charge in [-0.25, -0.2) is 9.97 Å². The van der Waals surface area contributed by atoms with Gasteiger partial charge in [0.25, 0.3) is 0 Å². The summed E-state index contributed by atoms with van der Waals surface area (Å²) >= 11 is 0. The lowest BCUT2D eigenvalue weighted by molar-refractivity contribution is -0.119. The maximum absolute atomic E-state index is 11.7. The first-order valence-electron chi connectivity index (χ1n) is 7.56. The van der Waals surface area contributed by atoms with E-state index in [-0.39, 0.29) is 11.9 Å². The van der Waals surface area contributed by atoms with Gasteiger partial charge in [0.2, 0.25) is 5.91 Å². The zero-order valence-electron chi connectivity index (χ0n) is 12.4. The molecule has 7 heteroatoms. The van der Waals surface area contributed by atoms with Crippen molar-refractivity contribution in [2.24, 2.45) is 5.73 Å². The molecule has 4 rings (SSSR count). The van der Waals surface area contributed by atoms with Crippen LogP contribution in [0.4, 0.5) is 5.82 Å². The lowest BCUT2D eigenvalue weighted by atomic mass is 10.2. The predicted molar refractivity (Wildman–Crippen MR) is 86.7 cm³/mol. The van der Waals surface area contributed by atoms with Crippen molar-refractivity contribution < 1.29 is 4.79 Å². The van der Waals surface area contributed by atoms with Crippen molar-refractivity contribution in [3.8, 4) is 11.4 Å². The fraction of sp³-hybridized carbons (Fsp3) is 0.250. The quantitative estimate of drug-likeness (QED) is 0.763. The van der Waals surface area contributed by atoms with E-state index in [1.165, 1.54) is 0 Å². The Kier molecular flexibility index (Phi) is 3.18. The summed E-state index contributed by atoms with van der Waals surface area (Å²) in [6.07, 6.45) is 3.35. The zero-order valence-corrected chi connectivity index (χ0v) is 12.4. The van der Waals surface area contributed by atoms with Crippen LogP contribution in [0.15, 0.2) is 36.5 Å². The molecule has 2 aromatic heterocycles. The highest BCUT2D eigenvalue weighted by Crippen LogP contribution is 2.31. The number of rotatable bonds is 3. The van der Waals surface area contributed by atoms with Gasteiger partial charge in [0, 0.05) is 12.1 Å². The topological polar surface area (TPSA) is 101 Å². The van der Waals surface area contributed by atoms with Crippen LogP contribution < -0.4 is 10.6 Å². The summed E-state index contributed by atoms with van der Waals surface area (Å²) in [7, 11) is 0. The third-order valence-electron chi connectivity index (χ3n) is 4.17. The number of nitrogens with one attached hydrogen (secondary N) is 1. The molecule has 0 bridgehead atoms. The van der Waals surface area contributed by atoms with E-state index in [2.05, 4.69) is 15.2 Å². The van der Waals surface area contributed by atoms with E-state index >= 15 is 0 Å². The van der Waals surface area contributed by atoms with Crippen LogP contribution in [0.25, 0.3) is 22.4 Å². The number of primary amides is 1. The van der Waals surface area contributed by atoms with Crippen molar-refractivity contribution in [2.45, 2.75) is 18.9 Å². The Balaban J connectivity index is 1.88. The van der Waals surface area contributed by atoms with Gasteiger partial charge in [0.1, 0.15) is 11.9 Å². The SMILES string of the molecule is NC(=O)[C@H]1CCCN1c1nc(-c2ccccc2)nc2[nH]ncc12. The summed E-state index contributed by atoms with van der Waals surface area (Å²) in [6, 6.07) is 9.41. The summed E-state index contributed by atoms with van der Waals surface area (Å²) in [4.78, 5) is 22.9. The van der Waals surface area contributed by atoms with E-state index in [1.807, 2.05) is 35.2 Å². The number of benzene rings is 1. The number of carbonyl (C=O) groups excluding carboxylic acids is 1. The van der Waals surface area contributed by atoms with Gasteiger partial charge in [0.15, 0.2) is 11.5 Å². The molecule has 0 aliphatic carbocycles. The molecule has 1 fully saturated rings. The molecule has 3 N–H and O–H groups in total. The molecule has 3 heterocycles. The van der Waals surface area contributed by atoms with Gasteiger partial charge < -0.3 is 10.6 Å². The number of amides is 1. The second kappa shape index (κ2) is 5.35. The third kappa shape index (κ3) is 2.30. The van der Waals surface area contributed by atoms with Gasteiger partial charge >= 0.3 is 0 Å². The Morgan fingerprint density at radius 3 is 2.87 bits per heavy atom. The molecule has 116 valence electrons. The first-order valence-corrected chi connectivity index (χ1v) is 7.56. The van der Waals surface area contributed by atoms with Crippen LogP contribution in [0.2, 0.25) is 0 Å². The van der Waals surface area contributed by atoms with Crippen LogP contribution in [0.3, 0.4) is 0 Å². The first-order chi connectivity index (χ1) is 11.2. The van der Waals surface area contributed by atoms with Crippen LogP contribution in [-0.2, 0) is 4.79 Å². The van der Waals surface area contributed by atoms with Crippen molar-refractivity contribution >= 4 is 22.8 Å². The van der Waals surface area contributed by atoms with Crippen LogP contribution in [0.5, 0.6) is 0 Å². The number of nitrogens with two attached hydrogens (primary N) is 1. The Morgan fingerprint density at radius 2 is 2.09 bits per heavy atom. The molecule has 23 heavy (non-hydrogen) atoms. The molecule has 0 radical (unpaired) electrons. The summed E-state index contributed by atoms with van der Waals surface area (Å²) in [5, 5.41) is 7.76. The Labute approximate surface area is 132 Å². The largest absolute Gasteiger partial charge is 0.368 e. The van der Waals surface area contributed by atoms with Crippen LogP contribution >= 0.6 is 0 Å². The second-order valence-electron chi connectivity index (χ2n) is 5.62. The highest BCUT2D eigenvalue weighted by molar-refractivity contribution is 5.92. The van der Waals surface area contributed by atoms with Gasteiger partial charge in [0.05, 0.1) is 11.6 Å². The number of H-pyrrole nitrogens is 1. The van der Waals surface area contributed by atoms with Gasteiger partial charge in [-0.2, -0.15) is 5.10 Å². The number of aromatic amines is 1. The van der Waals surface area contributed by atoms with Gasteiger partial charge in [-0.1, -0.05) is 30.3 Å². The summed E-state index contributed by atoms with van der Waals surface area (Å²) < 4.78 is 0. The van der Waals surface area contributed by atoms with Crippen molar-refractivity contribution in [1.29, 1.82) is 0 Å². The molecule has 0 unspecified atom stereocenters. The van der Waals surface area contributed by atoms with E-state index in [9.17, 15) is 4.79 Å². The normalized spacial score (nSPS) is 17.7. The average Bonchev–Trinajstić information content (AvgIpc) is 3.23. The minimum absolute atomic E-state index is 0.320. The summed E-state index contributed by atoms with van der Waals surface area (Å²) in [6.45, 7) is 0.749. The molecule has 1 saturated heterocycles. The molecule has 1 aliphatic rings. The lowest BCUT2D eigenvalue weighted by Gasteiger charge is -2.24. The average molecular weight is 308 g/mol. The molecule has 3 aromatic rings. The number of carbonyl (C=O) groups is 1. The van der Waals surface area contributed by atoms with Crippen LogP contribution in [0, 0.1) is 0 Å². The Hall–Kier alpha value is -2.96. The first kappa shape index (κ1) is 13.7. The molecule has 1 aromatic carbocycles. The maximum atomic E-state index is 11.7. The second-order valence-corrected chi connectivity index (χ2v) is 5.62. The predicted octanol–water partition coefficient (Wildman–Crippen LogP) is 1.47. The van der Waals surface area contributed by atoms with Gasteiger partial charge in [-0.05, 0) is 12.8 Å². The summed E-state index contributed by atoms with van der Waals surface area (Å²) in [5.74, 6) is 0.996. The van der Waals surface area contributed by atoms with Crippen LogP contribution in [-0.4, -0.2) is 38.7 Å². The Bertz CT molecular complexity index is 859. The molecule has 1 amide bonds. The number of anilines is 1. The zero-order chi connectivity index (χ0) is 15.8. The molecule has 1 aliphatic heterocycles. The van der Waals surface area contributed by atoms with E-state index in [4.69, 9.17) is 10.7 Å². The van der Waals surface area contributed by atoms with Crippen molar-refractivity contribution in [3.05, 3.63) is 36.5 Å². The number of hydrogen-bond acceptors (Lipinski definition) is 5. The fourth-order valence-electron chi connectivity index (χ4n) is 3.07. The number of nitrogens with zero attached hydrogens (tertiary/aromatic N) is 4. The number of fused-ring (bicyclic) bond motifs is 1. The standard InChI is InChI=1S/C16H16N6O/c17-13(23)12-7-4-8-22(12)16-11-9-18-21-15(11)19-14(20-16)10-5-2-1-3-6-10/h1-3,5-6,9,12H,4,7-8H2,(H2,17,23)(H,18,19,20,21)/t12-/m1/s1. The number of hydrogen-bond donors (Lipinski definition) is 2. The maximum Gasteiger partial charge on any atom is 0.240 e. The lowest BCUT2D eigenvalue weighted by Crippen LogP contribution is -2.40. The van der Waals surface area contributed by atoms with E-state index in [0.717, 1.165) is 30.3 Å². The number of aromatic nitrogens is 4. The molecule has 7 nitrogen and oxygen atoms in total. The van der Waals surface area contributed by atoms with Crippen LogP contribution in [0.1, 0.15) is 12.8 Å². The van der Waals surface area contributed by atoms with E-state index in [1.54, 1.807) is 6.20 Å². The minimum Gasteiger partial charge on any atom is -0.368 e. The van der Waals surface area contributed by atoms with E-state index in [0.29, 0.717) is 17.3 Å². The molecular weight excluding hydrogens is 292 g/mol. The highest BCUT2D eigenvalue weighted by atomic mass is 16.1. The van der Waals surface area contributed by atoms with Crippen molar-refractivity contribution in [2.75, 3.05) is 11.4 Å². The third-order valence-corrected chi connectivity index (χ3v) is 4.17.